The maximum absolute atomic E-state index is 4.38. The molecule has 0 spiro atoms. The summed E-state index contributed by atoms with van der Waals surface area (Å²) >= 11 is 3.47. The Kier molecular flexibility index (Phi) is 3.49. The number of nitrogens with one attached hydrogen (secondary N) is 2. The zero-order valence-electron chi connectivity index (χ0n) is 11.5. The van der Waals surface area contributed by atoms with Crippen molar-refractivity contribution >= 4 is 32.7 Å². The number of nitrogens with zero attached hydrogens (tertiary/aromatic N) is 1. The highest BCUT2D eigenvalue weighted by Gasteiger charge is 2.08. The molecular weight excluding hydrogens is 314 g/mol. The number of hydrogen-bond acceptors (Lipinski definition) is 2. The van der Waals surface area contributed by atoms with Crippen molar-refractivity contribution in [2.75, 3.05) is 5.32 Å². The molecule has 0 atom stereocenters. The van der Waals surface area contributed by atoms with Gasteiger partial charge in [0.25, 0.3) is 0 Å². The van der Waals surface area contributed by atoms with Gasteiger partial charge in [0, 0.05) is 33.8 Å². The van der Waals surface area contributed by atoms with Crippen LogP contribution in [0.25, 0.3) is 10.9 Å². The minimum absolute atomic E-state index is 0.768. The van der Waals surface area contributed by atoms with Crippen LogP contribution in [0.15, 0.2) is 41.0 Å². The molecule has 0 radical (unpaired) electrons. The highest BCUT2D eigenvalue weighted by atomic mass is 79.9. The lowest BCUT2D eigenvalue weighted by molar-refractivity contribution is 1.08. The van der Waals surface area contributed by atoms with Crippen LogP contribution in [-0.2, 0) is 6.54 Å². The Bertz CT molecular complexity index is 762. The number of benzene rings is 1. The molecular formula is C16H16BrN3. The lowest BCUT2D eigenvalue weighted by Crippen LogP contribution is -2.02. The van der Waals surface area contributed by atoms with Crippen LogP contribution in [-0.4, -0.2) is 9.97 Å². The predicted molar refractivity (Wildman–Crippen MR) is 87.0 cm³/mol. The molecule has 0 aliphatic heterocycles. The SMILES string of the molecule is Cc1cc(NCc2c(C)[nH]c3ccccc23)ncc1Br. The second-order valence-electron chi connectivity index (χ2n) is 4.95. The molecule has 0 unspecified atom stereocenters. The zero-order valence-corrected chi connectivity index (χ0v) is 13.1. The molecule has 0 aliphatic carbocycles. The number of anilines is 1. The van der Waals surface area contributed by atoms with Crippen molar-refractivity contribution in [2.45, 2.75) is 20.4 Å². The number of H-pyrrole nitrogens is 1. The number of aromatic amines is 1. The van der Waals surface area contributed by atoms with E-state index in [0.29, 0.717) is 0 Å². The first kappa shape index (κ1) is 13.2. The summed E-state index contributed by atoms with van der Waals surface area (Å²) in [5, 5.41) is 4.67. The maximum atomic E-state index is 4.38. The Balaban J connectivity index is 1.86. The van der Waals surface area contributed by atoms with Crippen LogP contribution in [0.1, 0.15) is 16.8 Å². The van der Waals surface area contributed by atoms with Gasteiger partial charge in [0.05, 0.1) is 0 Å². The molecule has 3 nitrogen and oxygen atoms in total. The van der Waals surface area contributed by atoms with E-state index in [2.05, 4.69) is 69.3 Å². The molecule has 1 aromatic carbocycles. The van der Waals surface area contributed by atoms with E-state index in [1.807, 2.05) is 12.3 Å². The van der Waals surface area contributed by atoms with Crippen molar-refractivity contribution in [2.24, 2.45) is 0 Å². The topological polar surface area (TPSA) is 40.7 Å². The van der Waals surface area contributed by atoms with Gasteiger partial charge >= 0.3 is 0 Å². The predicted octanol–water partition coefficient (Wildman–Crippen LogP) is 4.55. The molecule has 0 fully saturated rings. The summed E-state index contributed by atoms with van der Waals surface area (Å²) in [6, 6.07) is 10.4. The molecule has 3 aromatic rings. The summed E-state index contributed by atoms with van der Waals surface area (Å²) in [5.41, 5.74) is 4.86. The fraction of sp³-hybridized carbons (Fsp3) is 0.188. The largest absolute Gasteiger partial charge is 0.366 e. The van der Waals surface area contributed by atoms with E-state index in [0.717, 1.165) is 16.8 Å². The maximum Gasteiger partial charge on any atom is 0.126 e. The fourth-order valence-corrected chi connectivity index (χ4v) is 2.59. The van der Waals surface area contributed by atoms with Crippen molar-refractivity contribution in [1.82, 2.24) is 9.97 Å². The van der Waals surface area contributed by atoms with Crippen LogP contribution in [0.4, 0.5) is 5.82 Å². The molecule has 0 aliphatic rings. The summed E-state index contributed by atoms with van der Waals surface area (Å²) in [6.45, 7) is 4.94. The monoisotopic (exact) mass is 329 g/mol. The Labute approximate surface area is 126 Å². The smallest absolute Gasteiger partial charge is 0.126 e. The van der Waals surface area contributed by atoms with Crippen LogP contribution in [0, 0.1) is 13.8 Å². The van der Waals surface area contributed by atoms with Gasteiger partial charge in [-0.15, -0.1) is 0 Å². The molecule has 4 heteroatoms. The van der Waals surface area contributed by atoms with Gasteiger partial charge in [-0.3, -0.25) is 0 Å². The highest BCUT2D eigenvalue weighted by Crippen LogP contribution is 2.23. The lowest BCUT2D eigenvalue weighted by atomic mass is 10.1. The van der Waals surface area contributed by atoms with Crippen LogP contribution in [0.5, 0.6) is 0 Å². The number of pyridine rings is 1. The molecule has 0 amide bonds. The molecule has 0 saturated carbocycles. The zero-order chi connectivity index (χ0) is 14.1. The van der Waals surface area contributed by atoms with E-state index in [-0.39, 0.29) is 0 Å². The number of fused-ring (bicyclic) bond motifs is 1. The van der Waals surface area contributed by atoms with Gasteiger partial charge < -0.3 is 10.3 Å². The molecule has 2 heterocycles. The standard InChI is InChI=1S/C16H16BrN3/c1-10-7-16(19-9-14(10)17)18-8-13-11(2)20-15-6-4-3-5-12(13)15/h3-7,9,20H,8H2,1-2H3,(H,18,19). The average Bonchev–Trinajstić information content (AvgIpc) is 2.76. The van der Waals surface area contributed by atoms with Gasteiger partial charge in [-0.2, -0.15) is 0 Å². The van der Waals surface area contributed by atoms with Crippen LogP contribution in [0.2, 0.25) is 0 Å². The van der Waals surface area contributed by atoms with E-state index in [1.165, 1.54) is 27.7 Å². The number of aromatic nitrogens is 2. The van der Waals surface area contributed by atoms with Crippen molar-refractivity contribution < 1.29 is 0 Å². The third-order valence-electron chi connectivity index (χ3n) is 3.52. The van der Waals surface area contributed by atoms with Gasteiger partial charge in [0.2, 0.25) is 0 Å². The first-order chi connectivity index (χ1) is 9.65. The fourth-order valence-electron chi connectivity index (χ4n) is 2.38. The quantitative estimate of drug-likeness (QED) is 0.739. The second kappa shape index (κ2) is 5.29. The van der Waals surface area contributed by atoms with Gasteiger partial charge in [0.1, 0.15) is 5.82 Å². The second-order valence-corrected chi connectivity index (χ2v) is 5.80. The number of halogens is 1. The first-order valence-corrected chi connectivity index (χ1v) is 7.36. The third-order valence-corrected chi connectivity index (χ3v) is 4.35. The van der Waals surface area contributed by atoms with Crippen LogP contribution in [0.3, 0.4) is 0 Å². The van der Waals surface area contributed by atoms with E-state index in [4.69, 9.17) is 0 Å². The molecule has 102 valence electrons. The molecule has 3 rings (SSSR count). The van der Waals surface area contributed by atoms with Crippen molar-refractivity contribution in [3.8, 4) is 0 Å². The summed E-state index contributed by atoms with van der Waals surface area (Å²) in [4.78, 5) is 7.80. The molecule has 0 bridgehead atoms. The molecule has 2 N–H and O–H groups in total. The van der Waals surface area contributed by atoms with Crippen molar-refractivity contribution in [1.29, 1.82) is 0 Å². The van der Waals surface area contributed by atoms with Crippen LogP contribution >= 0.6 is 15.9 Å². The minimum Gasteiger partial charge on any atom is -0.366 e. The van der Waals surface area contributed by atoms with Crippen molar-refractivity contribution in [3.63, 3.8) is 0 Å². The van der Waals surface area contributed by atoms with Gasteiger partial charge in [0.15, 0.2) is 0 Å². The number of para-hydroxylation sites is 1. The molecule has 20 heavy (non-hydrogen) atoms. The van der Waals surface area contributed by atoms with E-state index in [1.54, 1.807) is 0 Å². The Morgan fingerprint density at radius 1 is 1.25 bits per heavy atom. The molecule has 2 aromatic heterocycles. The Morgan fingerprint density at radius 3 is 2.85 bits per heavy atom. The van der Waals surface area contributed by atoms with Crippen molar-refractivity contribution in [3.05, 3.63) is 57.8 Å². The summed E-state index contributed by atoms with van der Waals surface area (Å²) < 4.78 is 1.03. The molecule has 0 saturated heterocycles. The van der Waals surface area contributed by atoms with Gasteiger partial charge in [-0.05, 0) is 53.0 Å². The first-order valence-electron chi connectivity index (χ1n) is 6.57. The third kappa shape index (κ3) is 2.43. The van der Waals surface area contributed by atoms with E-state index in [9.17, 15) is 0 Å². The van der Waals surface area contributed by atoms with Gasteiger partial charge in [-0.25, -0.2) is 4.98 Å². The van der Waals surface area contributed by atoms with E-state index < -0.39 is 0 Å². The van der Waals surface area contributed by atoms with Crippen LogP contribution < -0.4 is 5.32 Å². The average molecular weight is 330 g/mol. The normalized spacial score (nSPS) is 10.9. The lowest BCUT2D eigenvalue weighted by Gasteiger charge is -2.07. The number of hydrogen-bond donors (Lipinski definition) is 2. The Morgan fingerprint density at radius 2 is 2.05 bits per heavy atom. The minimum atomic E-state index is 0.768. The summed E-state index contributed by atoms with van der Waals surface area (Å²) in [5.74, 6) is 0.899. The van der Waals surface area contributed by atoms with E-state index >= 15 is 0 Å². The summed E-state index contributed by atoms with van der Waals surface area (Å²) in [7, 11) is 0. The summed E-state index contributed by atoms with van der Waals surface area (Å²) in [6.07, 6.45) is 1.83. The van der Waals surface area contributed by atoms with Gasteiger partial charge in [-0.1, -0.05) is 18.2 Å². The Hall–Kier alpha value is -1.81. The highest BCUT2D eigenvalue weighted by molar-refractivity contribution is 9.10. The number of rotatable bonds is 3. The number of aryl methyl sites for hydroxylation is 2.